The molecule has 2 fully saturated rings. The van der Waals surface area contributed by atoms with Crippen molar-refractivity contribution in [3.05, 3.63) is 36.0 Å². The molecular formula is C19H20FN3O4. The Labute approximate surface area is 155 Å². The fourth-order valence-electron chi connectivity index (χ4n) is 4.28. The average molecular weight is 373 g/mol. The summed E-state index contributed by atoms with van der Waals surface area (Å²) in [5.74, 6) is -2.00. The summed E-state index contributed by atoms with van der Waals surface area (Å²) in [6, 6.07) is 8.03. The number of alkyl halides is 1. The molecule has 1 amide bonds. The molecule has 2 bridgehead atoms. The number of carbonyl (C=O) groups is 2. The van der Waals surface area contributed by atoms with Crippen molar-refractivity contribution >= 4 is 11.9 Å². The minimum absolute atomic E-state index is 0.196. The Morgan fingerprint density at radius 3 is 2.89 bits per heavy atom. The van der Waals surface area contributed by atoms with E-state index in [1.54, 1.807) is 6.07 Å². The summed E-state index contributed by atoms with van der Waals surface area (Å²) >= 11 is 0. The molecule has 8 heteroatoms. The fourth-order valence-corrected chi connectivity index (χ4v) is 4.28. The van der Waals surface area contributed by atoms with E-state index in [1.807, 2.05) is 31.2 Å². The van der Waals surface area contributed by atoms with Crippen molar-refractivity contribution in [2.45, 2.75) is 25.6 Å². The topological polar surface area (TPSA) is 95.5 Å². The normalized spacial score (nSPS) is 26.4. The molecular weight excluding hydrogens is 353 g/mol. The van der Waals surface area contributed by atoms with Crippen molar-refractivity contribution in [2.75, 3.05) is 13.2 Å². The van der Waals surface area contributed by atoms with Gasteiger partial charge in [0.2, 0.25) is 0 Å². The Hall–Kier alpha value is -2.90. The lowest BCUT2D eigenvalue weighted by Crippen LogP contribution is -2.45. The molecule has 142 valence electrons. The number of likely N-dealkylation sites (tertiary alicyclic amines) is 1. The average Bonchev–Trinajstić information content (AvgIpc) is 3.34. The Balaban J connectivity index is 1.60. The number of nitrogens with one attached hydrogen (secondary N) is 1. The monoisotopic (exact) mass is 373 g/mol. The summed E-state index contributed by atoms with van der Waals surface area (Å²) in [6.45, 7) is 2.63. The Morgan fingerprint density at radius 1 is 1.41 bits per heavy atom. The maximum absolute atomic E-state index is 14.3. The molecule has 1 aromatic carbocycles. The number of hydrogen-bond donors (Lipinski definition) is 2. The quantitative estimate of drug-likeness (QED) is 0.839. The van der Waals surface area contributed by atoms with Crippen molar-refractivity contribution in [2.24, 2.45) is 11.8 Å². The van der Waals surface area contributed by atoms with E-state index in [0.29, 0.717) is 18.1 Å². The van der Waals surface area contributed by atoms with Crippen molar-refractivity contribution in [1.82, 2.24) is 15.1 Å². The first kappa shape index (κ1) is 17.5. The van der Waals surface area contributed by atoms with Crippen LogP contribution in [-0.2, 0) is 4.79 Å². The van der Waals surface area contributed by atoms with Gasteiger partial charge in [-0.15, -0.1) is 0 Å². The minimum Gasteiger partial charge on any atom is -0.493 e. The zero-order chi connectivity index (χ0) is 19.1. The van der Waals surface area contributed by atoms with Crippen LogP contribution in [-0.4, -0.2) is 57.4 Å². The number of amides is 1. The molecule has 2 aromatic rings. The molecule has 1 saturated heterocycles. The van der Waals surface area contributed by atoms with Gasteiger partial charge in [-0.05, 0) is 37.5 Å². The van der Waals surface area contributed by atoms with Crippen LogP contribution in [0.15, 0.2) is 30.3 Å². The molecule has 2 N–H and O–H groups in total. The number of halogens is 1. The maximum Gasteiger partial charge on any atom is 0.309 e. The number of fused-ring (bicyclic) bond motifs is 2. The van der Waals surface area contributed by atoms with Crippen LogP contribution < -0.4 is 4.74 Å². The predicted octanol–water partition coefficient (Wildman–Crippen LogP) is 2.36. The molecule has 1 aliphatic carbocycles. The molecule has 7 nitrogen and oxygen atoms in total. The van der Waals surface area contributed by atoms with E-state index in [-0.39, 0.29) is 24.6 Å². The SMILES string of the molecule is CCOc1ccccc1-c1cc(C(=O)N2C[C@@H]3C[C@H](F)[C@H]2[C@H]3C(=O)O)[nH]n1. The van der Waals surface area contributed by atoms with Crippen LogP contribution in [0.1, 0.15) is 23.8 Å². The highest BCUT2D eigenvalue weighted by molar-refractivity contribution is 5.95. The number of benzene rings is 1. The molecule has 2 heterocycles. The maximum atomic E-state index is 14.3. The van der Waals surface area contributed by atoms with Crippen molar-refractivity contribution in [1.29, 1.82) is 0 Å². The number of hydrogen-bond acceptors (Lipinski definition) is 4. The van der Waals surface area contributed by atoms with E-state index in [9.17, 15) is 19.1 Å². The van der Waals surface area contributed by atoms with Gasteiger partial charge in [0, 0.05) is 12.1 Å². The van der Waals surface area contributed by atoms with Gasteiger partial charge in [-0.1, -0.05) is 12.1 Å². The summed E-state index contributed by atoms with van der Waals surface area (Å²) in [5.41, 5.74) is 1.49. The van der Waals surface area contributed by atoms with Crippen molar-refractivity contribution in [3.63, 3.8) is 0 Å². The highest BCUT2D eigenvalue weighted by Crippen LogP contribution is 2.45. The molecule has 1 aromatic heterocycles. The third kappa shape index (κ3) is 2.85. The number of carbonyl (C=O) groups excluding carboxylic acids is 1. The first-order chi connectivity index (χ1) is 13.0. The van der Waals surface area contributed by atoms with Gasteiger partial charge in [-0.2, -0.15) is 5.10 Å². The zero-order valence-corrected chi connectivity index (χ0v) is 14.8. The molecule has 0 unspecified atom stereocenters. The van der Waals surface area contributed by atoms with E-state index in [0.717, 1.165) is 5.56 Å². The number of aromatic nitrogens is 2. The number of piperidine rings is 1. The van der Waals surface area contributed by atoms with Gasteiger partial charge in [0.15, 0.2) is 0 Å². The van der Waals surface area contributed by atoms with Crippen LogP contribution in [0.3, 0.4) is 0 Å². The summed E-state index contributed by atoms with van der Waals surface area (Å²) in [6.07, 6.45) is -1.11. The van der Waals surface area contributed by atoms with Gasteiger partial charge >= 0.3 is 5.97 Å². The van der Waals surface area contributed by atoms with Crippen LogP contribution >= 0.6 is 0 Å². The highest BCUT2D eigenvalue weighted by Gasteiger charge is 2.57. The van der Waals surface area contributed by atoms with Gasteiger partial charge in [0.25, 0.3) is 5.91 Å². The third-order valence-electron chi connectivity index (χ3n) is 5.38. The van der Waals surface area contributed by atoms with Crippen LogP contribution in [0, 0.1) is 11.8 Å². The number of para-hydroxylation sites is 1. The zero-order valence-electron chi connectivity index (χ0n) is 14.8. The highest BCUT2D eigenvalue weighted by atomic mass is 19.1. The summed E-state index contributed by atoms with van der Waals surface area (Å²) < 4.78 is 19.9. The number of nitrogens with zero attached hydrogens (tertiary/aromatic N) is 2. The number of H-pyrrole nitrogens is 1. The second-order valence-electron chi connectivity index (χ2n) is 6.92. The number of carboxylic acids is 1. The van der Waals surface area contributed by atoms with Gasteiger partial charge in [-0.25, -0.2) is 4.39 Å². The molecule has 4 atom stereocenters. The first-order valence-corrected chi connectivity index (χ1v) is 8.96. The van der Waals surface area contributed by atoms with Crippen molar-refractivity contribution < 1.29 is 23.8 Å². The number of rotatable bonds is 5. The minimum atomic E-state index is -1.31. The van der Waals surface area contributed by atoms with Gasteiger partial charge < -0.3 is 14.7 Å². The second kappa shape index (κ2) is 6.68. The summed E-state index contributed by atoms with van der Waals surface area (Å²) in [4.78, 5) is 25.7. The number of aromatic amines is 1. The summed E-state index contributed by atoms with van der Waals surface area (Å²) in [7, 11) is 0. The second-order valence-corrected chi connectivity index (χ2v) is 6.92. The van der Waals surface area contributed by atoms with Gasteiger partial charge in [-0.3, -0.25) is 14.7 Å². The largest absolute Gasteiger partial charge is 0.493 e. The standard InChI is InChI=1S/C19H20FN3O4/c1-2-27-15-6-4-3-5-11(15)13-8-14(22-21-13)18(24)23-9-10-7-12(20)17(23)16(10)19(25)26/h3-6,8,10,12,16-17H,2,7,9H2,1H3,(H,21,22)(H,25,26)/t10-,12-,16-,17-/m0/s1. The van der Waals surface area contributed by atoms with Gasteiger partial charge in [0.1, 0.15) is 17.6 Å². The van der Waals surface area contributed by atoms with Crippen LogP contribution in [0.25, 0.3) is 11.3 Å². The first-order valence-electron chi connectivity index (χ1n) is 8.96. The molecule has 0 spiro atoms. The van der Waals surface area contributed by atoms with E-state index < -0.39 is 30.0 Å². The molecule has 1 aliphatic heterocycles. The van der Waals surface area contributed by atoms with Crippen LogP contribution in [0.2, 0.25) is 0 Å². The van der Waals surface area contributed by atoms with E-state index in [4.69, 9.17) is 4.74 Å². The lowest BCUT2D eigenvalue weighted by molar-refractivity contribution is -0.142. The molecule has 4 rings (SSSR count). The Morgan fingerprint density at radius 2 is 2.19 bits per heavy atom. The molecule has 27 heavy (non-hydrogen) atoms. The molecule has 0 radical (unpaired) electrons. The smallest absolute Gasteiger partial charge is 0.309 e. The van der Waals surface area contributed by atoms with Crippen molar-refractivity contribution in [3.8, 4) is 17.0 Å². The Kier molecular flexibility index (Phi) is 4.33. The third-order valence-corrected chi connectivity index (χ3v) is 5.38. The number of aliphatic carboxylic acids is 1. The number of ether oxygens (including phenoxy) is 1. The van der Waals surface area contributed by atoms with Crippen LogP contribution in [0.5, 0.6) is 5.75 Å². The van der Waals surface area contributed by atoms with E-state index >= 15 is 0 Å². The fraction of sp³-hybridized carbons (Fsp3) is 0.421. The lowest BCUT2D eigenvalue weighted by atomic mass is 9.99. The summed E-state index contributed by atoms with van der Waals surface area (Å²) in [5, 5.41) is 16.3. The number of carboxylic acid groups (broad SMARTS) is 1. The molecule has 2 aliphatic rings. The lowest BCUT2D eigenvalue weighted by Gasteiger charge is -2.29. The van der Waals surface area contributed by atoms with E-state index in [2.05, 4.69) is 10.2 Å². The molecule has 1 saturated carbocycles. The Bertz CT molecular complexity index is 883. The van der Waals surface area contributed by atoms with E-state index in [1.165, 1.54) is 4.90 Å². The predicted molar refractivity (Wildman–Crippen MR) is 94.1 cm³/mol. The van der Waals surface area contributed by atoms with Crippen LogP contribution in [0.4, 0.5) is 4.39 Å². The van der Waals surface area contributed by atoms with Gasteiger partial charge in [0.05, 0.1) is 24.3 Å².